The third-order valence-electron chi connectivity index (χ3n) is 4.09. The number of anilines is 1. The Balaban J connectivity index is 1.48. The van der Waals surface area contributed by atoms with Crippen LogP contribution in [-0.4, -0.2) is 26.1 Å². The van der Waals surface area contributed by atoms with Crippen LogP contribution in [0.1, 0.15) is 16.1 Å². The van der Waals surface area contributed by atoms with E-state index in [9.17, 15) is 4.79 Å². The van der Waals surface area contributed by atoms with Crippen LogP contribution in [0.3, 0.4) is 0 Å². The monoisotopic (exact) mass is 375 g/mol. The molecule has 0 bridgehead atoms. The lowest BCUT2D eigenvalue weighted by Gasteiger charge is -2.08. The average Bonchev–Trinajstić information content (AvgIpc) is 3.36. The molecule has 4 rings (SSSR count). The fraction of sp³-hybridized carbons (Fsp3) is 0.100. The number of benzene rings is 2. The van der Waals surface area contributed by atoms with Crippen molar-refractivity contribution in [1.82, 2.24) is 20.2 Å². The topological polar surface area (TPSA) is 95.1 Å². The van der Waals surface area contributed by atoms with Crippen LogP contribution < -0.4 is 10.1 Å². The van der Waals surface area contributed by atoms with E-state index in [1.807, 2.05) is 42.5 Å². The summed E-state index contributed by atoms with van der Waals surface area (Å²) in [5.74, 6) is 1.18. The highest BCUT2D eigenvalue weighted by atomic mass is 16.5. The molecule has 0 radical (unpaired) electrons. The first-order valence-corrected chi connectivity index (χ1v) is 8.59. The van der Waals surface area contributed by atoms with Gasteiger partial charge in [0.05, 0.1) is 6.26 Å². The first kappa shape index (κ1) is 17.5. The van der Waals surface area contributed by atoms with Crippen LogP contribution >= 0.6 is 0 Å². The fourth-order valence-corrected chi connectivity index (χ4v) is 2.72. The Morgan fingerprint density at radius 1 is 1.14 bits per heavy atom. The number of para-hydroxylation sites is 1. The van der Waals surface area contributed by atoms with E-state index >= 15 is 0 Å². The van der Waals surface area contributed by atoms with Crippen LogP contribution in [0.15, 0.2) is 71.3 Å². The van der Waals surface area contributed by atoms with Gasteiger partial charge in [-0.2, -0.15) is 0 Å². The smallest absolute Gasteiger partial charge is 0.291 e. The minimum absolute atomic E-state index is 0.210. The molecule has 0 saturated heterocycles. The first-order valence-electron chi connectivity index (χ1n) is 8.59. The highest BCUT2D eigenvalue weighted by Crippen LogP contribution is 2.21. The molecule has 4 aromatic rings. The van der Waals surface area contributed by atoms with Crippen LogP contribution in [0.4, 0.5) is 5.69 Å². The van der Waals surface area contributed by atoms with Gasteiger partial charge >= 0.3 is 0 Å². The van der Waals surface area contributed by atoms with Crippen molar-refractivity contribution in [1.29, 1.82) is 0 Å². The van der Waals surface area contributed by atoms with Crippen molar-refractivity contribution in [3.05, 3.63) is 78.3 Å². The minimum atomic E-state index is -0.357. The van der Waals surface area contributed by atoms with E-state index in [2.05, 4.69) is 20.8 Å². The zero-order chi connectivity index (χ0) is 19.3. The van der Waals surface area contributed by atoms with Gasteiger partial charge in [-0.25, -0.2) is 4.68 Å². The average molecular weight is 375 g/mol. The standard InChI is InChI=1S/C20H17N5O3/c1-25-19(22-23-24-25)14-6-5-7-16(12-14)21-20(26)18-15(10-11-27-18)13-28-17-8-3-2-4-9-17/h2-12H,13H2,1H3,(H,21,26). The second-order valence-corrected chi connectivity index (χ2v) is 6.04. The van der Waals surface area contributed by atoms with Crippen LogP contribution in [0.2, 0.25) is 0 Å². The minimum Gasteiger partial charge on any atom is -0.489 e. The van der Waals surface area contributed by atoms with E-state index in [1.54, 1.807) is 29.9 Å². The third-order valence-corrected chi connectivity index (χ3v) is 4.09. The number of hydrogen-bond donors (Lipinski definition) is 1. The molecule has 28 heavy (non-hydrogen) atoms. The molecule has 0 aliphatic rings. The number of tetrazole rings is 1. The lowest BCUT2D eigenvalue weighted by molar-refractivity contribution is 0.0993. The number of carbonyl (C=O) groups excluding carboxylic acids is 1. The van der Waals surface area contributed by atoms with E-state index in [0.29, 0.717) is 17.1 Å². The Morgan fingerprint density at radius 2 is 2.00 bits per heavy atom. The fourth-order valence-electron chi connectivity index (χ4n) is 2.72. The molecular formula is C20H17N5O3. The lowest BCUT2D eigenvalue weighted by atomic mass is 10.2. The Labute approximate surface area is 160 Å². The number of hydrogen-bond acceptors (Lipinski definition) is 6. The SMILES string of the molecule is Cn1nnnc1-c1cccc(NC(=O)c2occc2COc2ccccc2)c1. The maximum absolute atomic E-state index is 12.7. The normalized spacial score (nSPS) is 10.6. The van der Waals surface area contributed by atoms with Gasteiger partial charge in [-0.3, -0.25) is 4.79 Å². The largest absolute Gasteiger partial charge is 0.489 e. The molecule has 8 heteroatoms. The summed E-state index contributed by atoms with van der Waals surface area (Å²) >= 11 is 0. The summed E-state index contributed by atoms with van der Waals surface area (Å²) in [7, 11) is 1.75. The van der Waals surface area contributed by atoms with E-state index in [0.717, 1.165) is 11.3 Å². The highest BCUT2D eigenvalue weighted by Gasteiger charge is 2.17. The van der Waals surface area contributed by atoms with Gasteiger partial charge in [0.1, 0.15) is 12.4 Å². The molecule has 0 spiro atoms. The number of furan rings is 1. The van der Waals surface area contributed by atoms with Gasteiger partial charge in [-0.05, 0) is 40.8 Å². The van der Waals surface area contributed by atoms with Gasteiger partial charge in [0.15, 0.2) is 11.6 Å². The molecule has 1 amide bonds. The maximum Gasteiger partial charge on any atom is 0.291 e. The van der Waals surface area contributed by atoms with Gasteiger partial charge in [0.2, 0.25) is 0 Å². The van der Waals surface area contributed by atoms with Crippen molar-refractivity contribution in [2.75, 3.05) is 5.32 Å². The number of rotatable bonds is 6. The van der Waals surface area contributed by atoms with Crippen molar-refractivity contribution in [2.45, 2.75) is 6.61 Å². The number of nitrogens with zero attached hydrogens (tertiary/aromatic N) is 4. The Kier molecular flexibility index (Phi) is 4.83. The highest BCUT2D eigenvalue weighted by molar-refractivity contribution is 6.03. The Hall–Kier alpha value is -3.94. The summed E-state index contributed by atoms with van der Waals surface area (Å²) in [5.41, 5.74) is 2.06. The van der Waals surface area contributed by atoms with Gasteiger partial charge in [-0.15, -0.1) is 5.10 Å². The molecular weight excluding hydrogens is 358 g/mol. The van der Waals surface area contributed by atoms with Gasteiger partial charge in [0.25, 0.3) is 5.91 Å². The summed E-state index contributed by atoms with van der Waals surface area (Å²) in [6.07, 6.45) is 1.47. The zero-order valence-corrected chi connectivity index (χ0v) is 15.1. The predicted octanol–water partition coefficient (Wildman–Crippen LogP) is 3.30. The Bertz CT molecular complexity index is 1090. The summed E-state index contributed by atoms with van der Waals surface area (Å²) in [6, 6.07) is 18.4. The molecule has 0 atom stereocenters. The second-order valence-electron chi connectivity index (χ2n) is 6.04. The van der Waals surface area contributed by atoms with E-state index in [1.165, 1.54) is 6.26 Å². The molecule has 2 aromatic carbocycles. The molecule has 0 unspecified atom stereocenters. The van der Waals surface area contributed by atoms with E-state index in [-0.39, 0.29) is 18.3 Å². The zero-order valence-electron chi connectivity index (χ0n) is 15.1. The molecule has 1 N–H and O–H groups in total. The molecule has 2 heterocycles. The molecule has 2 aromatic heterocycles. The van der Waals surface area contributed by atoms with Crippen LogP contribution in [0, 0.1) is 0 Å². The molecule has 0 saturated carbocycles. The number of aromatic nitrogens is 4. The Morgan fingerprint density at radius 3 is 2.79 bits per heavy atom. The number of ether oxygens (including phenoxy) is 1. The van der Waals surface area contributed by atoms with Crippen molar-refractivity contribution >= 4 is 11.6 Å². The first-order chi connectivity index (χ1) is 13.7. The van der Waals surface area contributed by atoms with Crippen LogP contribution in [-0.2, 0) is 13.7 Å². The third kappa shape index (κ3) is 3.75. The quantitative estimate of drug-likeness (QED) is 0.556. The number of nitrogens with one attached hydrogen (secondary N) is 1. The van der Waals surface area contributed by atoms with Crippen LogP contribution in [0.25, 0.3) is 11.4 Å². The van der Waals surface area contributed by atoms with Crippen molar-refractivity contribution in [3.8, 4) is 17.1 Å². The van der Waals surface area contributed by atoms with Crippen molar-refractivity contribution in [3.63, 3.8) is 0 Å². The van der Waals surface area contributed by atoms with Crippen molar-refractivity contribution < 1.29 is 13.9 Å². The molecule has 8 nitrogen and oxygen atoms in total. The van der Waals surface area contributed by atoms with Gasteiger partial charge < -0.3 is 14.5 Å². The molecule has 140 valence electrons. The summed E-state index contributed by atoms with van der Waals surface area (Å²) in [6.45, 7) is 0.230. The van der Waals surface area contributed by atoms with E-state index < -0.39 is 0 Å². The summed E-state index contributed by atoms with van der Waals surface area (Å²) in [4.78, 5) is 12.7. The van der Waals surface area contributed by atoms with E-state index in [4.69, 9.17) is 9.15 Å². The van der Waals surface area contributed by atoms with Crippen molar-refractivity contribution in [2.24, 2.45) is 7.05 Å². The van der Waals surface area contributed by atoms with Gasteiger partial charge in [-0.1, -0.05) is 30.3 Å². The second kappa shape index (κ2) is 7.75. The molecule has 0 aliphatic heterocycles. The van der Waals surface area contributed by atoms with Crippen LogP contribution in [0.5, 0.6) is 5.75 Å². The lowest BCUT2D eigenvalue weighted by Crippen LogP contribution is -2.13. The number of aryl methyl sites for hydroxylation is 1. The maximum atomic E-state index is 12.7. The number of amides is 1. The molecule has 0 fully saturated rings. The summed E-state index contributed by atoms with van der Waals surface area (Å²) < 4.78 is 12.6. The number of carbonyl (C=O) groups is 1. The predicted molar refractivity (Wildman–Crippen MR) is 102 cm³/mol. The molecule has 0 aliphatic carbocycles. The van der Waals surface area contributed by atoms with Gasteiger partial charge in [0, 0.05) is 23.9 Å². The summed E-state index contributed by atoms with van der Waals surface area (Å²) in [5, 5.41) is 14.3.